The minimum atomic E-state index is -0.782. The Kier molecular flexibility index (Phi) is 6.21. The van der Waals surface area contributed by atoms with E-state index in [9.17, 15) is 14.7 Å². The topological polar surface area (TPSA) is 82.1 Å². The molecular formula is C27H36O6. The normalized spacial score (nSPS) is 37.7. The van der Waals surface area contributed by atoms with Crippen LogP contribution >= 0.6 is 0 Å². The average Bonchev–Trinajstić information content (AvgIpc) is 3.22. The summed E-state index contributed by atoms with van der Waals surface area (Å²) in [4.78, 5) is 25.4. The van der Waals surface area contributed by atoms with Crippen LogP contribution in [-0.4, -0.2) is 46.6 Å². The van der Waals surface area contributed by atoms with Crippen molar-refractivity contribution in [3.8, 4) is 0 Å². The molecule has 3 aliphatic rings. The Morgan fingerprint density at radius 2 is 1.94 bits per heavy atom. The number of aliphatic hydroxyl groups is 1. The van der Waals surface area contributed by atoms with Gasteiger partial charge in [-0.1, -0.05) is 51.1 Å². The molecule has 33 heavy (non-hydrogen) atoms. The molecule has 0 radical (unpaired) electrons. The monoisotopic (exact) mass is 456 g/mol. The van der Waals surface area contributed by atoms with Crippen molar-refractivity contribution in [3.63, 3.8) is 0 Å². The molecule has 3 fully saturated rings. The molecule has 1 N–H and O–H groups in total. The van der Waals surface area contributed by atoms with Gasteiger partial charge in [0.25, 0.3) is 0 Å². The van der Waals surface area contributed by atoms with E-state index in [0.29, 0.717) is 18.4 Å². The SMILES string of the molecule is C/C(=C\c1ccccc1)C(=O)O[C@]12CC3(C(C)C)C[C@@H](OC(=O)CO)C(C)(O3)[C@@H]1CC[C@H]2C. The molecule has 6 heteroatoms. The number of carbonyl (C=O) groups excluding carboxylic acids is 2. The summed E-state index contributed by atoms with van der Waals surface area (Å²) < 4.78 is 18.9. The van der Waals surface area contributed by atoms with Crippen molar-refractivity contribution in [1.82, 2.24) is 0 Å². The smallest absolute Gasteiger partial charge is 0.334 e. The number of hydrogen-bond donors (Lipinski definition) is 1. The Morgan fingerprint density at radius 1 is 1.24 bits per heavy atom. The predicted octanol–water partition coefficient (Wildman–Crippen LogP) is 4.30. The van der Waals surface area contributed by atoms with E-state index in [2.05, 4.69) is 20.8 Å². The van der Waals surface area contributed by atoms with Crippen LogP contribution < -0.4 is 0 Å². The van der Waals surface area contributed by atoms with Gasteiger partial charge in [0.2, 0.25) is 0 Å². The first kappa shape index (κ1) is 24.0. The van der Waals surface area contributed by atoms with Crippen LogP contribution in [0.2, 0.25) is 0 Å². The maximum atomic E-state index is 13.4. The molecule has 1 saturated carbocycles. The third-order valence-corrected chi connectivity index (χ3v) is 8.42. The second-order valence-corrected chi connectivity index (χ2v) is 10.6. The molecule has 2 saturated heterocycles. The minimum Gasteiger partial charge on any atom is -0.457 e. The van der Waals surface area contributed by atoms with Crippen LogP contribution in [0.1, 0.15) is 65.9 Å². The van der Waals surface area contributed by atoms with Gasteiger partial charge in [-0.2, -0.15) is 0 Å². The van der Waals surface area contributed by atoms with E-state index in [1.165, 1.54) is 0 Å². The third kappa shape index (κ3) is 3.91. The highest BCUT2D eigenvalue weighted by Crippen LogP contribution is 2.65. The number of benzene rings is 1. The van der Waals surface area contributed by atoms with Crippen LogP contribution in [0, 0.1) is 17.8 Å². The van der Waals surface area contributed by atoms with Crippen molar-refractivity contribution in [2.45, 2.75) is 83.2 Å². The third-order valence-electron chi connectivity index (χ3n) is 8.42. The largest absolute Gasteiger partial charge is 0.457 e. The first-order valence-electron chi connectivity index (χ1n) is 12.0. The summed E-state index contributed by atoms with van der Waals surface area (Å²) in [6.45, 7) is 9.48. The molecule has 6 atom stereocenters. The molecule has 1 aromatic rings. The van der Waals surface area contributed by atoms with Crippen molar-refractivity contribution >= 4 is 18.0 Å². The first-order chi connectivity index (χ1) is 15.6. The molecule has 0 amide bonds. The lowest BCUT2D eigenvalue weighted by Crippen LogP contribution is -2.63. The summed E-state index contributed by atoms with van der Waals surface area (Å²) >= 11 is 0. The lowest BCUT2D eigenvalue weighted by Gasteiger charge is -2.54. The fourth-order valence-electron chi connectivity index (χ4n) is 6.48. The van der Waals surface area contributed by atoms with Crippen molar-refractivity contribution in [3.05, 3.63) is 41.5 Å². The quantitative estimate of drug-likeness (QED) is 0.508. The lowest BCUT2D eigenvalue weighted by molar-refractivity contribution is -0.266. The Morgan fingerprint density at radius 3 is 2.58 bits per heavy atom. The Labute approximate surface area is 196 Å². The zero-order valence-electron chi connectivity index (χ0n) is 20.3. The van der Waals surface area contributed by atoms with Crippen LogP contribution in [-0.2, 0) is 23.8 Å². The van der Waals surface area contributed by atoms with Crippen LogP contribution in [0.25, 0.3) is 6.08 Å². The van der Waals surface area contributed by atoms with Gasteiger partial charge in [-0.15, -0.1) is 0 Å². The van der Waals surface area contributed by atoms with Crippen LogP contribution in [0.3, 0.4) is 0 Å². The summed E-state index contributed by atoms with van der Waals surface area (Å²) in [5.41, 5.74) is -0.536. The number of fused-ring (bicyclic) bond motifs is 4. The maximum absolute atomic E-state index is 13.4. The van der Waals surface area contributed by atoms with E-state index in [1.54, 1.807) is 6.92 Å². The van der Waals surface area contributed by atoms with E-state index >= 15 is 0 Å². The molecule has 4 rings (SSSR count). The number of hydrogen-bond acceptors (Lipinski definition) is 6. The van der Waals surface area contributed by atoms with Gasteiger partial charge in [-0.05, 0) is 50.2 Å². The van der Waals surface area contributed by atoms with Gasteiger partial charge in [0, 0.05) is 24.3 Å². The molecule has 2 aliphatic heterocycles. The van der Waals surface area contributed by atoms with E-state index < -0.39 is 35.5 Å². The molecule has 2 unspecified atom stereocenters. The maximum Gasteiger partial charge on any atom is 0.334 e. The molecule has 1 aromatic carbocycles. The summed E-state index contributed by atoms with van der Waals surface area (Å²) in [5.74, 6) is -0.763. The van der Waals surface area contributed by atoms with Crippen molar-refractivity contribution in [1.29, 1.82) is 0 Å². The number of esters is 2. The van der Waals surface area contributed by atoms with Gasteiger partial charge in [-0.3, -0.25) is 0 Å². The van der Waals surface area contributed by atoms with Gasteiger partial charge in [0.05, 0.1) is 5.60 Å². The molecule has 2 bridgehead atoms. The molecular weight excluding hydrogens is 420 g/mol. The van der Waals surface area contributed by atoms with Gasteiger partial charge in [0.1, 0.15) is 23.9 Å². The molecule has 0 spiro atoms. The predicted molar refractivity (Wildman–Crippen MR) is 124 cm³/mol. The van der Waals surface area contributed by atoms with Gasteiger partial charge < -0.3 is 19.3 Å². The van der Waals surface area contributed by atoms with E-state index in [0.717, 1.165) is 18.4 Å². The van der Waals surface area contributed by atoms with Crippen molar-refractivity contribution in [2.75, 3.05) is 6.61 Å². The van der Waals surface area contributed by atoms with Crippen LogP contribution in [0.4, 0.5) is 0 Å². The Bertz CT molecular complexity index is 939. The second-order valence-electron chi connectivity index (χ2n) is 10.6. The fourth-order valence-corrected chi connectivity index (χ4v) is 6.48. The first-order valence-corrected chi connectivity index (χ1v) is 12.0. The lowest BCUT2D eigenvalue weighted by atomic mass is 9.68. The second kappa shape index (κ2) is 8.55. The van der Waals surface area contributed by atoms with Crippen molar-refractivity contribution < 1.29 is 28.9 Å². The zero-order chi connectivity index (χ0) is 24.0. The molecule has 2 heterocycles. The highest BCUT2D eigenvalue weighted by molar-refractivity contribution is 5.93. The summed E-state index contributed by atoms with van der Waals surface area (Å²) in [6, 6.07) is 9.74. The van der Waals surface area contributed by atoms with Crippen molar-refractivity contribution in [2.24, 2.45) is 17.8 Å². The standard InChI is InChI=1S/C27H36O6/c1-17(2)26-14-22(31-23(29)15-28)25(5,33-26)21-12-11-19(4)27(21,16-26)32-24(30)18(3)13-20-9-7-6-8-10-20/h6-10,13,17,19,21-22,28H,11-12,14-16H2,1-5H3/b18-13+/t19-,21+,22-,25?,26?,27+/m1/s1. The van der Waals surface area contributed by atoms with Gasteiger partial charge in [-0.25, -0.2) is 9.59 Å². The van der Waals surface area contributed by atoms with Gasteiger partial charge >= 0.3 is 11.9 Å². The molecule has 0 aromatic heterocycles. The highest BCUT2D eigenvalue weighted by Gasteiger charge is 2.73. The number of carbonyl (C=O) groups is 2. The Balaban J connectivity index is 1.70. The average molecular weight is 457 g/mol. The summed E-state index contributed by atoms with van der Waals surface area (Å²) in [6.07, 6.45) is 4.22. The summed E-state index contributed by atoms with van der Waals surface area (Å²) in [7, 11) is 0. The molecule has 1 aliphatic carbocycles. The van der Waals surface area contributed by atoms with E-state index in [-0.39, 0.29) is 23.7 Å². The van der Waals surface area contributed by atoms with Gasteiger partial charge in [0.15, 0.2) is 0 Å². The number of aliphatic hydroxyl groups excluding tert-OH is 1. The minimum absolute atomic E-state index is 0.0978. The fraction of sp³-hybridized carbons (Fsp3) is 0.630. The molecule has 180 valence electrons. The Hall–Kier alpha value is -2.18. The van der Waals surface area contributed by atoms with E-state index in [4.69, 9.17) is 14.2 Å². The zero-order valence-corrected chi connectivity index (χ0v) is 20.3. The summed E-state index contributed by atoms with van der Waals surface area (Å²) in [5, 5.41) is 9.28. The van der Waals surface area contributed by atoms with Crippen LogP contribution in [0.5, 0.6) is 0 Å². The molecule has 6 nitrogen and oxygen atoms in total. The number of rotatable bonds is 6. The highest BCUT2D eigenvalue weighted by atomic mass is 16.6. The van der Waals surface area contributed by atoms with Crippen LogP contribution in [0.15, 0.2) is 35.9 Å². The number of ether oxygens (including phenoxy) is 3. The van der Waals surface area contributed by atoms with E-state index in [1.807, 2.05) is 43.3 Å².